The van der Waals surface area contributed by atoms with E-state index in [9.17, 15) is 24.3 Å². The van der Waals surface area contributed by atoms with E-state index in [2.05, 4.69) is 14.8 Å². The smallest absolute Gasteiger partial charge is 0.326 e. The fourth-order valence-electron chi connectivity index (χ4n) is 3.10. The monoisotopic (exact) mass is 343 g/mol. The van der Waals surface area contributed by atoms with Crippen LogP contribution < -0.4 is 5.32 Å². The molecule has 1 fully saturated rings. The number of amides is 1. The minimum Gasteiger partial charge on any atom is -0.480 e. The lowest BCUT2D eigenvalue weighted by molar-refractivity contribution is -0.163. The molecule has 1 rings (SSSR count). The second-order valence-electron chi connectivity index (χ2n) is 6.12. The summed E-state index contributed by atoms with van der Waals surface area (Å²) in [5.74, 6) is -5.69. The molecule has 0 radical (unpaired) electrons. The van der Waals surface area contributed by atoms with Gasteiger partial charge in [0, 0.05) is 12.3 Å². The Morgan fingerprint density at radius 3 is 2.00 bits per heavy atom. The summed E-state index contributed by atoms with van der Waals surface area (Å²) in [6, 6.07) is -1.39. The maximum Gasteiger partial charge on any atom is 0.326 e. The van der Waals surface area contributed by atoms with E-state index in [1.807, 2.05) is 0 Å². The zero-order valence-corrected chi connectivity index (χ0v) is 14.2. The van der Waals surface area contributed by atoms with Crippen molar-refractivity contribution in [3.8, 4) is 0 Å². The van der Waals surface area contributed by atoms with Crippen LogP contribution in [0.1, 0.15) is 39.0 Å². The van der Waals surface area contributed by atoms with Gasteiger partial charge in [-0.25, -0.2) is 4.79 Å². The quantitative estimate of drug-likeness (QED) is 0.492. The number of carbonyl (C=O) groups is 4. The zero-order valence-electron chi connectivity index (χ0n) is 14.2. The van der Waals surface area contributed by atoms with Crippen LogP contribution in [-0.2, 0) is 28.7 Å². The lowest BCUT2D eigenvalue weighted by Gasteiger charge is -2.26. The van der Waals surface area contributed by atoms with Crippen LogP contribution >= 0.6 is 0 Å². The molecule has 0 heterocycles. The molecule has 1 saturated carbocycles. The molecule has 0 unspecified atom stereocenters. The number of hydrogen-bond acceptors (Lipinski definition) is 6. The summed E-state index contributed by atoms with van der Waals surface area (Å²) in [6.45, 7) is 1.40. The van der Waals surface area contributed by atoms with Crippen molar-refractivity contribution in [3.05, 3.63) is 0 Å². The summed E-state index contributed by atoms with van der Waals surface area (Å²) in [7, 11) is 2.19. The Morgan fingerprint density at radius 2 is 1.58 bits per heavy atom. The van der Waals surface area contributed by atoms with Crippen molar-refractivity contribution in [1.82, 2.24) is 5.32 Å². The van der Waals surface area contributed by atoms with Gasteiger partial charge in [0.25, 0.3) is 0 Å². The average Bonchev–Trinajstić information content (AvgIpc) is 3.04. The molecule has 0 saturated heterocycles. The fraction of sp³-hybridized carbons (Fsp3) is 0.750. The van der Waals surface area contributed by atoms with Gasteiger partial charge in [0.05, 0.1) is 14.2 Å². The molecule has 136 valence electrons. The van der Waals surface area contributed by atoms with Crippen molar-refractivity contribution in [3.63, 3.8) is 0 Å². The number of esters is 2. The molecule has 24 heavy (non-hydrogen) atoms. The van der Waals surface area contributed by atoms with E-state index in [1.165, 1.54) is 6.92 Å². The number of hydrogen-bond donors (Lipinski definition) is 2. The van der Waals surface area contributed by atoms with Crippen LogP contribution in [0.3, 0.4) is 0 Å². The van der Waals surface area contributed by atoms with Gasteiger partial charge in [-0.2, -0.15) is 0 Å². The largest absolute Gasteiger partial charge is 0.480 e. The van der Waals surface area contributed by atoms with Crippen molar-refractivity contribution < 1.29 is 33.8 Å². The molecule has 8 nitrogen and oxygen atoms in total. The van der Waals surface area contributed by atoms with Crippen molar-refractivity contribution in [2.24, 2.45) is 17.8 Å². The van der Waals surface area contributed by atoms with Crippen molar-refractivity contribution >= 4 is 23.8 Å². The highest BCUT2D eigenvalue weighted by molar-refractivity contribution is 5.96. The number of aliphatic carboxylic acids is 1. The minimum absolute atomic E-state index is 0.248. The number of carboxylic acids is 1. The maximum absolute atomic E-state index is 12.1. The van der Waals surface area contributed by atoms with Crippen LogP contribution in [0.15, 0.2) is 0 Å². The maximum atomic E-state index is 12.1. The van der Waals surface area contributed by atoms with Crippen LogP contribution in [0.5, 0.6) is 0 Å². The molecule has 2 atom stereocenters. The second kappa shape index (κ2) is 9.24. The molecule has 1 aliphatic carbocycles. The van der Waals surface area contributed by atoms with Crippen LogP contribution in [0.25, 0.3) is 0 Å². The first-order valence-electron chi connectivity index (χ1n) is 7.99. The van der Waals surface area contributed by atoms with Gasteiger partial charge in [-0.05, 0) is 18.8 Å². The number of carboxylic acid groups (broad SMARTS) is 1. The zero-order chi connectivity index (χ0) is 18.3. The number of carbonyl (C=O) groups excluding carboxylic acids is 3. The number of rotatable bonds is 8. The molecule has 0 aromatic carbocycles. The van der Waals surface area contributed by atoms with Gasteiger partial charge < -0.3 is 19.9 Å². The van der Waals surface area contributed by atoms with Gasteiger partial charge in [-0.1, -0.05) is 19.8 Å². The van der Waals surface area contributed by atoms with Crippen LogP contribution in [0, 0.1) is 17.8 Å². The third-order valence-corrected chi connectivity index (χ3v) is 4.49. The van der Waals surface area contributed by atoms with E-state index in [0.29, 0.717) is 0 Å². The summed E-state index contributed by atoms with van der Waals surface area (Å²) in [5, 5.41) is 11.8. The topological polar surface area (TPSA) is 119 Å². The standard InChI is InChI=1S/C16H25NO7/c1-9(12(15(21)23-2)16(22)24-3)13(14(19)20)17-11(18)8-10-6-4-5-7-10/h9-10,12-13H,4-8H2,1-3H3,(H,17,18)(H,19,20)/t9-,13-/m1/s1. The summed E-state index contributed by atoms with van der Waals surface area (Å²) >= 11 is 0. The van der Waals surface area contributed by atoms with Crippen molar-refractivity contribution in [2.75, 3.05) is 14.2 Å². The molecular formula is C16H25NO7. The molecule has 0 spiro atoms. The van der Waals surface area contributed by atoms with Crippen molar-refractivity contribution in [2.45, 2.75) is 45.1 Å². The summed E-state index contributed by atoms with van der Waals surface area (Å²) in [5.41, 5.74) is 0. The summed E-state index contributed by atoms with van der Waals surface area (Å²) in [4.78, 5) is 47.3. The van der Waals surface area contributed by atoms with E-state index in [1.54, 1.807) is 0 Å². The normalized spacial score (nSPS) is 17.2. The molecule has 0 bridgehead atoms. The third kappa shape index (κ3) is 5.21. The minimum atomic E-state index is -1.42. The van der Waals surface area contributed by atoms with Gasteiger partial charge in [-0.15, -0.1) is 0 Å². The highest BCUT2D eigenvalue weighted by atomic mass is 16.5. The van der Waals surface area contributed by atoms with Crippen molar-refractivity contribution in [1.29, 1.82) is 0 Å². The molecule has 1 amide bonds. The Morgan fingerprint density at radius 1 is 1.08 bits per heavy atom. The molecule has 0 aromatic rings. The van der Waals surface area contributed by atoms with Gasteiger partial charge in [0.1, 0.15) is 6.04 Å². The highest BCUT2D eigenvalue weighted by Crippen LogP contribution is 2.27. The Balaban J connectivity index is 2.83. The van der Waals surface area contributed by atoms with Crippen LogP contribution in [0.2, 0.25) is 0 Å². The van der Waals surface area contributed by atoms with E-state index in [0.717, 1.165) is 39.9 Å². The summed E-state index contributed by atoms with van der Waals surface area (Å²) < 4.78 is 9.11. The lowest BCUT2D eigenvalue weighted by Crippen LogP contribution is -2.50. The molecule has 0 aromatic heterocycles. The second-order valence-corrected chi connectivity index (χ2v) is 6.12. The van der Waals surface area contributed by atoms with Crippen LogP contribution in [-0.4, -0.2) is 49.2 Å². The number of methoxy groups -OCH3 is 2. The Hall–Kier alpha value is -2.12. The SMILES string of the molecule is COC(=O)C(C(=O)OC)[C@@H](C)[C@@H](NC(=O)CC1CCCC1)C(=O)O. The predicted octanol–water partition coefficient (Wildman–Crippen LogP) is 0.734. The first kappa shape index (κ1) is 19.9. The van der Waals surface area contributed by atoms with E-state index >= 15 is 0 Å². The first-order chi connectivity index (χ1) is 11.3. The molecular weight excluding hydrogens is 318 g/mol. The van der Waals surface area contributed by atoms with Gasteiger partial charge >= 0.3 is 17.9 Å². The van der Waals surface area contributed by atoms with Crippen LogP contribution in [0.4, 0.5) is 0 Å². The van der Waals surface area contributed by atoms with E-state index in [4.69, 9.17) is 0 Å². The molecule has 2 N–H and O–H groups in total. The lowest BCUT2D eigenvalue weighted by atomic mass is 9.87. The summed E-state index contributed by atoms with van der Waals surface area (Å²) in [6.07, 6.45) is 4.30. The van der Waals surface area contributed by atoms with E-state index in [-0.39, 0.29) is 12.3 Å². The number of nitrogens with one attached hydrogen (secondary N) is 1. The highest BCUT2D eigenvalue weighted by Gasteiger charge is 2.42. The Kier molecular flexibility index (Phi) is 7.67. The Labute approximate surface area is 140 Å². The molecule has 8 heteroatoms. The number of ether oxygens (including phenoxy) is 2. The first-order valence-corrected chi connectivity index (χ1v) is 7.99. The van der Waals surface area contributed by atoms with Gasteiger partial charge in [0.15, 0.2) is 5.92 Å². The average molecular weight is 343 g/mol. The third-order valence-electron chi connectivity index (χ3n) is 4.49. The van der Waals surface area contributed by atoms with Gasteiger partial charge in [0.2, 0.25) is 5.91 Å². The Bertz CT molecular complexity index is 469. The van der Waals surface area contributed by atoms with Gasteiger partial charge in [-0.3, -0.25) is 14.4 Å². The molecule has 1 aliphatic rings. The van der Waals surface area contributed by atoms with E-state index < -0.39 is 41.7 Å². The predicted molar refractivity (Wildman–Crippen MR) is 82.8 cm³/mol. The fourth-order valence-corrected chi connectivity index (χ4v) is 3.10. The molecule has 0 aliphatic heterocycles.